The van der Waals surface area contributed by atoms with Crippen molar-refractivity contribution in [3.8, 4) is 5.75 Å². The zero-order valence-corrected chi connectivity index (χ0v) is 14.3. The van der Waals surface area contributed by atoms with E-state index in [4.69, 9.17) is 4.74 Å². The first kappa shape index (κ1) is 15.0. The Morgan fingerprint density at radius 2 is 1.31 bits per heavy atom. The molecule has 1 aliphatic rings. The molecule has 0 saturated heterocycles. The largest absolute Gasteiger partial charge is 0.480 e. The van der Waals surface area contributed by atoms with Gasteiger partial charge in [-0.25, -0.2) is 0 Å². The van der Waals surface area contributed by atoms with Gasteiger partial charge >= 0.3 is 0 Å². The molecule has 0 bridgehead atoms. The molecule has 1 unspecified atom stereocenters. The van der Waals surface area contributed by atoms with E-state index in [1.54, 1.807) is 0 Å². The van der Waals surface area contributed by atoms with Crippen LogP contribution in [-0.4, -0.2) is 0 Å². The van der Waals surface area contributed by atoms with Crippen molar-refractivity contribution >= 4 is 16.3 Å². The van der Waals surface area contributed by atoms with E-state index in [-0.39, 0.29) is 6.10 Å². The zero-order valence-electron chi connectivity index (χ0n) is 14.3. The highest BCUT2D eigenvalue weighted by atomic mass is 16.5. The maximum Gasteiger partial charge on any atom is 0.143 e. The van der Waals surface area contributed by atoms with E-state index in [1.807, 2.05) is 6.07 Å². The Labute approximate surface area is 153 Å². The molecule has 1 heteroatoms. The van der Waals surface area contributed by atoms with Crippen molar-refractivity contribution in [1.82, 2.24) is 0 Å². The van der Waals surface area contributed by atoms with Gasteiger partial charge in [-0.05, 0) is 34.2 Å². The first-order valence-electron chi connectivity index (χ1n) is 8.91. The fourth-order valence-electron chi connectivity index (χ4n) is 3.66. The van der Waals surface area contributed by atoms with Crippen LogP contribution in [0, 0.1) is 0 Å². The maximum absolute atomic E-state index is 6.51. The van der Waals surface area contributed by atoms with Gasteiger partial charge in [0.15, 0.2) is 0 Å². The second kappa shape index (κ2) is 6.20. The minimum Gasteiger partial charge on any atom is -0.480 e. The van der Waals surface area contributed by atoms with Crippen LogP contribution in [0.25, 0.3) is 16.3 Å². The number of hydrogen-bond acceptors (Lipinski definition) is 1. The van der Waals surface area contributed by atoms with Crippen LogP contribution in [0.2, 0.25) is 0 Å². The van der Waals surface area contributed by atoms with Gasteiger partial charge in [-0.15, -0.1) is 0 Å². The van der Waals surface area contributed by atoms with Crippen molar-refractivity contribution in [3.63, 3.8) is 0 Å². The number of rotatable bonds is 2. The predicted octanol–water partition coefficient (Wildman–Crippen LogP) is 6.41. The monoisotopic (exact) mass is 334 g/mol. The van der Waals surface area contributed by atoms with Crippen molar-refractivity contribution < 1.29 is 4.74 Å². The van der Waals surface area contributed by atoms with Crippen molar-refractivity contribution in [3.05, 3.63) is 120 Å². The molecule has 1 aliphatic heterocycles. The summed E-state index contributed by atoms with van der Waals surface area (Å²) in [6, 6.07) is 33.8. The third-order valence-electron chi connectivity index (χ3n) is 4.95. The van der Waals surface area contributed by atoms with Crippen molar-refractivity contribution in [2.75, 3.05) is 0 Å². The fraction of sp³-hybridized carbons (Fsp3) is 0.0400. The summed E-state index contributed by atoms with van der Waals surface area (Å²) in [4.78, 5) is 0. The Morgan fingerprint density at radius 3 is 2.12 bits per heavy atom. The molecule has 0 saturated carbocycles. The predicted molar refractivity (Wildman–Crippen MR) is 107 cm³/mol. The van der Waals surface area contributed by atoms with Crippen molar-refractivity contribution in [2.45, 2.75) is 6.10 Å². The van der Waals surface area contributed by atoms with Crippen LogP contribution in [0.15, 0.2) is 103 Å². The number of benzene rings is 4. The molecule has 1 atom stereocenters. The van der Waals surface area contributed by atoms with Crippen LogP contribution in [0.3, 0.4) is 0 Å². The highest BCUT2D eigenvalue weighted by molar-refractivity contribution is 5.97. The first-order chi connectivity index (χ1) is 12.9. The molecule has 124 valence electrons. The average molecular weight is 334 g/mol. The summed E-state index contributed by atoms with van der Waals surface area (Å²) in [5, 5.41) is 2.36. The molecule has 0 fully saturated rings. The van der Waals surface area contributed by atoms with E-state index in [9.17, 15) is 0 Å². The summed E-state index contributed by atoms with van der Waals surface area (Å²) in [7, 11) is 0. The van der Waals surface area contributed by atoms with Crippen LogP contribution >= 0.6 is 0 Å². The lowest BCUT2D eigenvalue weighted by atomic mass is 9.90. The van der Waals surface area contributed by atoms with Gasteiger partial charge in [0.1, 0.15) is 11.9 Å². The summed E-state index contributed by atoms with van der Waals surface area (Å²) >= 11 is 0. The Balaban J connectivity index is 1.76. The highest BCUT2D eigenvalue weighted by Crippen LogP contribution is 2.44. The fourth-order valence-corrected chi connectivity index (χ4v) is 3.66. The summed E-state index contributed by atoms with van der Waals surface area (Å²) in [5.74, 6) is 0.971. The first-order valence-corrected chi connectivity index (χ1v) is 8.91. The Morgan fingerprint density at radius 1 is 0.615 bits per heavy atom. The maximum atomic E-state index is 6.51. The van der Waals surface area contributed by atoms with E-state index in [0.717, 1.165) is 16.7 Å². The van der Waals surface area contributed by atoms with E-state index >= 15 is 0 Å². The van der Waals surface area contributed by atoms with Crippen LogP contribution < -0.4 is 4.74 Å². The SMILES string of the molecule is C1=C(c2ccccc2)c2ccc3ccccc3c2OC1c1ccccc1. The zero-order chi connectivity index (χ0) is 17.3. The van der Waals surface area contributed by atoms with Gasteiger partial charge in [0, 0.05) is 10.9 Å². The number of fused-ring (bicyclic) bond motifs is 3. The minimum atomic E-state index is -0.0929. The topological polar surface area (TPSA) is 9.23 Å². The Bertz CT molecular complexity index is 1090. The molecule has 0 aliphatic carbocycles. The Hall–Kier alpha value is -3.32. The molecule has 0 spiro atoms. The third-order valence-corrected chi connectivity index (χ3v) is 4.95. The summed E-state index contributed by atoms with van der Waals surface area (Å²) < 4.78 is 6.51. The van der Waals surface area contributed by atoms with Gasteiger partial charge in [0.2, 0.25) is 0 Å². The van der Waals surface area contributed by atoms with E-state index in [0.29, 0.717) is 0 Å². The highest BCUT2D eigenvalue weighted by Gasteiger charge is 2.24. The van der Waals surface area contributed by atoms with Gasteiger partial charge in [0.05, 0.1) is 0 Å². The van der Waals surface area contributed by atoms with Gasteiger partial charge in [-0.3, -0.25) is 0 Å². The molecule has 5 rings (SSSR count). The van der Waals surface area contributed by atoms with Crippen LogP contribution in [-0.2, 0) is 0 Å². The smallest absolute Gasteiger partial charge is 0.143 e. The number of ether oxygens (including phenoxy) is 1. The molecule has 26 heavy (non-hydrogen) atoms. The molecule has 0 amide bonds. The third kappa shape index (κ3) is 2.49. The second-order valence-corrected chi connectivity index (χ2v) is 6.56. The molecule has 4 aromatic carbocycles. The molecular weight excluding hydrogens is 316 g/mol. The summed E-state index contributed by atoms with van der Waals surface area (Å²) in [6.45, 7) is 0. The van der Waals surface area contributed by atoms with Gasteiger partial charge in [-0.2, -0.15) is 0 Å². The molecule has 1 heterocycles. The molecule has 4 aromatic rings. The van der Waals surface area contributed by atoms with Gasteiger partial charge < -0.3 is 4.74 Å². The summed E-state index contributed by atoms with van der Waals surface area (Å²) in [6.07, 6.45) is 2.15. The van der Waals surface area contributed by atoms with Crippen molar-refractivity contribution in [2.24, 2.45) is 0 Å². The second-order valence-electron chi connectivity index (χ2n) is 6.56. The van der Waals surface area contributed by atoms with E-state index in [1.165, 1.54) is 22.1 Å². The van der Waals surface area contributed by atoms with Crippen LogP contribution in [0.5, 0.6) is 5.75 Å². The van der Waals surface area contributed by atoms with E-state index in [2.05, 4.69) is 97.1 Å². The van der Waals surface area contributed by atoms with Crippen molar-refractivity contribution in [1.29, 1.82) is 0 Å². The molecule has 0 radical (unpaired) electrons. The lowest BCUT2D eigenvalue weighted by Crippen LogP contribution is -2.12. The molecule has 1 nitrogen and oxygen atoms in total. The summed E-state index contributed by atoms with van der Waals surface area (Å²) in [5.41, 5.74) is 4.77. The lowest BCUT2D eigenvalue weighted by Gasteiger charge is -2.27. The Kier molecular flexibility index (Phi) is 3.57. The standard InChI is InChI=1S/C25H18O/c1-3-9-18(10-4-1)23-17-24(20-12-5-2-6-13-20)26-25-21-14-8-7-11-19(21)15-16-22(23)25/h1-17,24H. The minimum absolute atomic E-state index is 0.0929. The molecular formula is C25H18O. The average Bonchev–Trinajstić information content (AvgIpc) is 2.74. The van der Waals surface area contributed by atoms with Crippen LogP contribution in [0.1, 0.15) is 22.8 Å². The molecule has 0 N–H and O–H groups in total. The van der Waals surface area contributed by atoms with Gasteiger partial charge in [0.25, 0.3) is 0 Å². The quantitative estimate of drug-likeness (QED) is 0.412. The normalized spacial score (nSPS) is 15.8. The molecule has 0 aromatic heterocycles. The van der Waals surface area contributed by atoms with Crippen LogP contribution in [0.4, 0.5) is 0 Å². The van der Waals surface area contributed by atoms with Gasteiger partial charge in [-0.1, -0.05) is 91.0 Å². The lowest BCUT2D eigenvalue weighted by molar-refractivity contribution is 0.254. The number of hydrogen-bond donors (Lipinski definition) is 0. The van der Waals surface area contributed by atoms with E-state index < -0.39 is 0 Å².